The average molecular weight is 369 g/mol. The summed E-state index contributed by atoms with van der Waals surface area (Å²) in [5.74, 6) is 0.981. The highest BCUT2D eigenvalue weighted by Gasteiger charge is 1.97. The van der Waals surface area contributed by atoms with Gasteiger partial charge in [-0.1, -0.05) is 22.0 Å². The Morgan fingerprint density at radius 3 is 2.79 bits per heavy atom. The van der Waals surface area contributed by atoms with Crippen LogP contribution in [0, 0.1) is 10.5 Å². The van der Waals surface area contributed by atoms with Crippen LogP contribution in [0.3, 0.4) is 0 Å². The summed E-state index contributed by atoms with van der Waals surface area (Å²) in [6, 6.07) is 6.22. The molecule has 0 N–H and O–H groups in total. The molecule has 0 atom stereocenters. The van der Waals surface area contributed by atoms with Crippen LogP contribution in [0.15, 0.2) is 18.2 Å². The van der Waals surface area contributed by atoms with Gasteiger partial charge in [-0.25, -0.2) is 0 Å². The SMILES string of the molecule is Cc1ccc(OCCCCBr)cc1I. The summed E-state index contributed by atoms with van der Waals surface area (Å²) in [6.45, 7) is 2.92. The summed E-state index contributed by atoms with van der Waals surface area (Å²) in [5, 5.41) is 1.06. The number of ether oxygens (including phenoxy) is 1. The van der Waals surface area contributed by atoms with Gasteiger partial charge < -0.3 is 4.74 Å². The van der Waals surface area contributed by atoms with Crippen LogP contribution in [0.4, 0.5) is 0 Å². The molecule has 1 aromatic rings. The van der Waals surface area contributed by atoms with Crippen LogP contribution in [0.1, 0.15) is 18.4 Å². The van der Waals surface area contributed by atoms with Crippen LogP contribution in [-0.2, 0) is 0 Å². The topological polar surface area (TPSA) is 9.23 Å². The molecule has 0 saturated heterocycles. The first-order valence-corrected chi connectivity index (χ1v) is 6.89. The summed E-state index contributed by atoms with van der Waals surface area (Å²) >= 11 is 5.73. The lowest BCUT2D eigenvalue weighted by atomic mass is 10.2. The molecule has 0 unspecified atom stereocenters. The van der Waals surface area contributed by atoms with Crippen molar-refractivity contribution in [1.29, 1.82) is 0 Å². The van der Waals surface area contributed by atoms with E-state index in [1.165, 1.54) is 15.6 Å². The normalized spacial score (nSPS) is 10.2. The Morgan fingerprint density at radius 2 is 2.14 bits per heavy atom. The molecule has 0 saturated carbocycles. The predicted molar refractivity (Wildman–Crippen MR) is 72.4 cm³/mol. The standard InChI is InChI=1S/C11H14BrIO/c1-9-4-5-10(8-11(9)13)14-7-3-2-6-12/h4-5,8H,2-3,6-7H2,1H3. The predicted octanol–water partition coefficient (Wildman–Crippen LogP) is 4.15. The van der Waals surface area contributed by atoms with Gasteiger partial charge in [-0.2, -0.15) is 0 Å². The maximum Gasteiger partial charge on any atom is 0.120 e. The zero-order valence-electron chi connectivity index (χ0n) is 8.22. The van der Waals surface area contributed by atoms with Crippen molar-refractivity contribution < 1.29 is 4.74 Å². The van der Waals surface area contributed by atoms with E-state index in [-0.39, 0.29) is 0 Å². The number of hydrogen-bond donors (Lipinski definition) is 0. The lowest BCUT2D eigenvalue weighted by Crippen LogP contribution is -1.98. The van der Waals surface area contributed by atoms with Crippen molar-refractivity contribution in [3.8, 4) is 5.75 Å². The molecule has 0 aliphatic rings. The Balaban J connectivity index is 2.39. The summed E-state index contributed by atoms with van der Waals surface area (Å²) in [5.41, 5.74) is 1.30. The third kappa shape index (κ3) is 4.17. The molecule has 0 spiro atoms. The lowest BCUT2D eigenvalue weighted by Gasteiger charge is -2.06. The smallest absolute Gasteiger partial charge is 0.120 e. The van der Waals surface area contributed by atoms with Crippen LogP contribution >= 0.6 is 38.5 Å². The van der Waals surface area contributed by atoms with E-state index in [4.69, 9.17) is 4.74 Å². The molecule has 1 rings (SSSR count). The molecule has 0 heterocycles. The second kappa shape index (κ2) is 6.67. The van der Waals surface area contributed by atoms with E-state index in [0.29, 0.717) is 0 Å². The van der Waals surface area contributed by atoms with Gasteiger partial charge in [-0.15, -0.1) is 0 Å². The van der Waals surface area contributed by atoms with Gasteiger partial charge in [0, 0.05) is 8.90 Å². The average Bonchev–Trinajstić information content (AvgIpc) is 2.18. The Labute approximate surface area is 107 Å². The van der Waals surface area contributed by atoms with Gasteiger partial charge in [0.2, 0.25) is 0 Å². The number of rotatable bonds is 5. The molecule has 0 bridgehead atoms. The van der Waals surface area contributed by atoms with Gasteiger partial charge >= 0.3 is 0 Å². The van der Waals surface area contributed by atoms with Crippen molar-refractivity contribution >= 4 is 38.5 Å². The summed E-state index contributed by atoms with van der Waals surface area (Å²) in [4.78, 5) is 0. The molecule has 1 aromatic carbocycles. The molecule has 0 aliphatic carbocycles. The molecule has 0 radical (unpaired) electrons. The largest absolute Gasteiger partial charge is 0.494 e. The van der Waals surface area contributed by atoms with E-state index in [9.17, 15) is 0 Å². The second-order valence-electron chi connectivity index (χ2n) is 3.16. The highest BCUT2D eigenvalue weighted by Crippen LogP contribution is 2.19. The van der Waals surface area contributed by atoms with E-state index in [2.05, 4.69) is 57.6 Å². The molecule has 0 aromatic heterocycles. The number of benzene rings is 1. The zero-order chi connectivity index (χ0) is 10.4. The van der Waals surface area contributed by atoms with Crippen molar-refractivity contribution in [1.82, 2.24) is 0 Å². The monoisotopic (exact) mass is 368 g/mol. The molecule has 0 fully saturated rings. The van der Waals surface area contributed by atoms with Crippen LogP contribution in [0.5, 0.6) is 5.75 Å². The Hall–Kier alpha value is 0.230. The first-order valence-electron chi connectivity index (χ1n) is 4.69. The van der Waals surface area contributed by atoms with E-state index in [1.807, 2.05) is 6.07 Å². The number of alkyl halides is 1. The number of halogens is 2. The van der Waals surface area contributed by atoms with E-state index < -0.39 is 0 Å². The molecule has 0 aliphatic heterocycles. The fourth-order valence-corrected chi connectivity index (χ4v) is 1.93. The Bertz CT molecular complexity index is 289. The van der Waals surface area contributed by atoms with Crippen molar-refractivity contribution in [3.05, 3.63) is 27.3 Å². The molecule has 1 nitrogen and oxygen atoms in total. The lowest BCUT2D eigenvalue weighted by molar-refractivity contribution is 0.309. The fraction of sp³-hybridized carbons (Fsp3) is 0.455. The van der Waals surface area contributed by atoms with Gasteiger partial charge in [-0.3, -0.25) is 0 Å². The third-order valence-electron chi connectivity index (χ3n) is 1.94. The highest BCUT2D eigenvalue weighted by atomic mass is 127. The highest BCUT2D eigenvalue weighted by molar-refractivity contribution is 14.1. The van der Waals surface area contributed by atoms with Crippen LogP contribution in [0.25, 0.3) is 0 Å². The maximum atomic E-state index is 5.62. The van der Waals surface area contributed by atoms with Crippen LogP contribution in [0.2, 0.25) is 0 Å². The Morgan fingerprint density at radius 1 is 1.36 bits per heavy atom. The summed E-state index contributed by atoms with van der Waals surface area (Å²) in [6.07, 6.45) is 2.28. The minimum absolute atomic E-state index is 0.810. The summed E-state index contributed by atoms with van der Waals surface area (Å²) in [7, 11) is 0. The first-order chi connectivity index (χ1) is 6.74. The van der Waals surface area contributed by atoms with E-state index in [1.54, 1.807) is 0 Å². The third-order valence-corrected chi connectivity index (χ3v) is 3.66. The van der Waals surface area contributed by atoms with Gasteiger partial charge in [0.25, 0.3) is 0 Å². The molecular formula is C11H14BrIO. The molecule has 0 amide bonds. The summed E-state index contributed by atoms with van der Waals surface area (Å²) < 4.78 is 6.88. The van der Waals surface area contributed by atoms with Crippen LogP contribution < -0.4 is 4.74 Å². The van der Waals surface area contributed by atoms with E-state index in [0.717, 1.165) is 24.1 Å². The van der Waals surface area contributed by atoms with Crippen molar-refractivity contribution in [2.75, 3.05) is 11.9 Å². The maximum absolute atomic E-state index is 5.62. The Kier molecular flexibility index (Phi) is 5.86. The number of aryl methyl sites for hydroxylation is 1. The van der Waals surface area contributed by atoms with Gasteiger partial charge in [-0.05, 0) is 60.1 Å². The van der Waals surface area contributed by atoms with Gasteiger partial charge in [0.1, 0.15) is 5.75 Å². The van der Waals surface area contributed by atoms with Gasteiger partial charge in [0.15, 0.2) is 0 Å². The fourth-order valence-electron chi connectivity index (χ4n) is 1.05. The quantitative estimate of drug-likeness (QED) is 0.431. The number of unbranched alkanes of at least 4 members (excludes halogenated alkanes) is 1. The van der Waals surface area contributed by atoms with Crippen molar-refractivity contribution in [3.63, 3.8) is 0 Å². The number of hydrogen-bond acceptors (Lipinski definition) is 1. The molecular weight excluding hydrogens is 355 g/mol. The van der Waals surface area contributed by atoms with E-state index >= 15 is 0 Å². The second-order valence-corrected chi connectivity index (χ2v) is 5.11. The van der Waals surface area contributed by atoms with Crippen molar-refractivity contribution in [2.45, 2.75) is 19.8 Å². The van der Waals surface area contributed by atoms with Crippen LogP contribution in [-0.4, -0.2) is 11.9 Å². The van der Waals surface area contributed by atoms with Gasteiger partial charge in [0.05, 0.1) is 6.61 Å². The molecule has 14 heavy (non-hydrogen) atoms. The molecule has 78 valence electrons. The zero-order valence-corrected chi connectivity index (χ0v) is 12.0. The molecule has 3 heteroatoms. The van der Waals surface area contributed by atoms with Crippen molar-refractivity contribution in [2.24, 2.45) is 0 Å². The minimum atomic E-state index is 0.810. The minimum Gasteiger partial charge on any atom is -0.494 e. The first kappa shape index (κ1) is 12.3.